The Morgan fingerprint density at radius 1 is 1.08 bits per heavy atom. The highest BCUT2D eigenvalue weighted by molar-refractivity contribution is 5.79. The van der Waals surface area contributed by atoms with Crippen molar-refractivity contribution in [3.63, 3.8) is 0 Å². The third-order valence-electron chi connectivity index (χ3n) is 5.52. The van der Waals surface area contributed by atoms with E-state index in [1.54, 1.807) is 6.07 Å². The molecule has 1 amide bonds. The van der Waals surface area contributed by atoms with Crippen molar-refractivity contribution in [3.8, 4) is 0 Å². The van der Waals surface area contributed by atoms with Gasteiger partial charge in [0.05, 0.1) is 0 Å². The van der Waals surface area contributed by atoms with E-state index >= 15 is 0 Å². The number of nitrogen functional groups attached to an aromatic ring is 2. The van der Waals surface area contributed by atoms with Crippen LogP contribution in [0.1, 0.15) is 24.8 Å². The molecule has 0 atom stereocenters. The van der Waals surface area contributed by atoms with Crippen molar-refractivity contribution in [2.24, 2.45) is 5.41 Å². The van der Waals surface area contributed by atoms with Crippen molar-refractivity contribution >= 4 is 23.5 Å². The molecule has 7 heteroatoms. The molecule has 0 unspecified atom stereocenters. The van der Waals surface area contributed by atoms with Crippen molar-refractivity contribution < 1.29 is 4.79 Å². The number of anilines is 3. The summed E-state index contributed by atoms with van der Waals surface area (Å²) in [4.78, 5) is 25.0. The predicted octanol–water partition coefficient (Wildman–Crippen LogP) is 1.66. The number of carbonyl (C=O) groups is 1. The highest BCUT2D eigenvalue weighted by atomic mass is 16.2. The van der Waals surface area contributed by atoms with Crippen molar-refractivity contribution in [3.05, 3.63) is 42.0 Å². The zero-order valence-electron chi connectivity index (χ0n) is 14.8. The molecule has 2 aliphatic heterocycles. The van der Waals surface area contributed by atoms with E-state index in [4.69, 9.17) is 11.5 Å². The van der Waals surface area contributed by atoms with Gasteiger partial charge in [-0.2, -0.15) is 9.97 Å². The van der Waals surface area contributed by atoms with Crippen LogP contribution in [0.2, 0.25) is 0 Å². The molecular weight excluding hydrogens is 328 g/mol. The van der Waals surface area contributed by atoms with Crippen LogP contribution >= 0.6 is 0 Å². The van der Waals surface area contributed by atoms with Crippen molar-refractivity contribution in [1.82, 2.24) is 14.9 Å². The van der Waals surface area contributed by atoms with Gasteiger partial charge in [-0.3, -0.25) is 4.79 Å². The van der Waals surface area contributed by atoms with Gasteiger partial charge in [-0.25, -0.2) is 0 Å². The first-order valence-corrected chi connectivity index (χ1v) is 9.00. The lowest BCUT2D eigenvalue weighted by molar-refractivity contribution is -0.128. The lowest BCUT2D eigenvalue weighted by Crippen LogP contribution is -2.42. The number of carbonyl (C=O) groups excluding carboxylic acids is 1. The Kier molecular flexibility index (Phi) is 4.14. The van der Waals surface area contributed by atoms with E-state index in [1.165, 1.54) is 5.56 Å². The topological polar surface area (TPSA) is 101 Å². The Morgan fingerprint density at radius 3 is 2.50 bits per heavy atom. The van der Waals surface area contributed by atoms with Crippen molar-refractivity contribution in [1.29, 1.82) is 0 Å². The maximum Gasteiger partial charge on any atom is 0.223 e. The van der Waals surface area contributed by atoms with Crippen LogP contribution in [0.3, 0.4) is 0 Å². The molecule has 2 saturated heterocycles. The van der Waals surface area contributed by atoms with Crippen molar-refractivity contribution in [2.75, 3.05) is 36.0 Å². The molecule has 26 heavy (non-hydrogen) atoms. The van der Waals surface area contributed by atoms with Crippen LogP contribution in [0.15, 0.2) is 36.4 Å². The summed E-state index contributed by atoms with van der Waals surface area (Å²) in [6.07, 6.45) is 2.57. The quantitative estimate of drug-likeness (QED) is 0.871. The van der Waals surface area contributed by atoms with Crippen LogP contribution in [-0.4, -0.2) is 40.4 Å². The molecular formula is C19H24N6O. The van der Waals surface area contributed by atoms with Gasteiger partial charge in [-0.1, -0.05) is 30.3 Å². The SMILES string of the molecule is Nc1cc(N2CCC3(CC2)CC(=O)N(Cc2ccccc2)C3)nc(N)n1. The average molecular weight is 352 g/mol. The van der Waals surface area contributed by atoms with Gasteiger partial charge in [0.15, 0.2) is 0 Å². The summed E-state index contributed by atoms with van der Waals surface area (Å²) in [5.74, 6) is 1.62. The molecule has 136 valence electrons. The maximum absolute atomic E-state index is 12.6. The summed E-state index contributed by atoms with van der Waals surface area (Å²) in [7, 11) is 0. The van der Waals surface area contributed by atoms with Gasteiger partial charge in [-0.05, 0) is 18.4 Å². The number of piperidine rings is 1. The zero-order chi connectivity index (χ0) is 18.1. The first-order chi connectivity index (χ1) is 12.5. The van der Waals surface area contributed by atoms with E-state index < -0.39 is 0 Å². The van der Waals surface area contributed by atoms with Crippen LogP contribution in [0, 0.1) is 5.41 Å². The molecule has 0 aliphatic carbocycles. The second-order valence-electron chi connectivity index (χ2n) is 7.41. The van der Waals surface area contributed by atoms with Crippen molar-refractivity contribution in [2.45, 2.75) is 25.8 Å². The van der Waals surface area contributed by atoms with E-state index in [2.05, 4.69) is 27.0 Å². The molecule has 2 aliphatic rings. The fraction of sp³-hybridized carbons (Fsp3) is 0.421. The van der Waals surface area contributed by atoms with Gasteiger partial charge in [-0.15, -0.1) is 0 Å². The highest BCUT2D eigenvalue weighted by Gasteiger charge is 2.44. The minimum atomic E-state index is 0.0759. The van der Waals surface area contributed by atoms with Gasteiger partial charge in [0.2, 0.25) is 11.9 Å². The second kappa shape index (κ2) is 6.48. The summed E-state index contributed by atoms with van der Waals surface area (Å²) in [6.45, 7) is 3.23. The average Bonchev–Trinajstić information content (AvgIpc) is 2.90. The Balaban J connectivity index is 1.41. The summed E-state index contributed by atoms with van der Waals surface area (Å²) >= 11 is 0. The lowest BCUT2D eigenvalue weighted by atomic mass is 9.77. The molecule has 1 aromatic heterocycles. The van der Waals surface area contributed by atoms with Crippen LogP contribution in [-0.2, 0) is 11.3 Å². The third-order valence-corrected chi connectivity index (χ3v) is 5.52. The summed E-state index contributed by atoms with van der Waals surface area (Å²) in [5, 5.41) is 0. The van der Waals surface area contributed by atoms with Gasteiger partial charge < -0.3 is 21.3 Å². The first kappa shape index (κ1) is 16.6. The summed E-state index contributed by atoms with van der Waals surface area (Å²) in [6, 6.07) is 11.9. The number of nitrogens with zero attached hydrogens (tertiary/aromatic N) is 4. The molecule has 0 radical (unpaired) electrons. The smallest absolute Gasteiger partial charge is 0.223 e. The molecule has 1 aromatic carbocycles. The predicted molar refractivity (Wildman–Crippen MR) is 101 cm³/mol. The Labute approximate surface area is 153 Å². The van der Waals surface area contributed by atoms with Gasteiger partial charge in [0.25, 0.3) is 0 Å². The number of benzene rings is 1. The molecule has 0 bridgehead atoms. The molecule has 3 heterocycles. The Bertz CT molecular complexity index is 781. The number of aromatic nitrogens is 2. The molecule has 1 spiro atoms. The number of hydrogen-bond acceptors (Lipinski definition) is 6. The molecule has 7 nitrogen and oxygen atoms in total. The van der Waals surface area contributed by atoms with Crippen LogP contribution < -0.4 is 16.4 Å². The lowest BCUT2D eigenvalue weighted by Gasteiger charge is -2.39. The molecule has 2 aromatic rings. The molecule has 4 N–H and O–H groups in total. The van der Waals surface area contributed by atoms with E-state index in [9.17, 15) is 4.79 Å². The van der Waals surface area contributed by atoms with E-state index in [1.807, 2.05) is 23.1 Å². The number of amides is 1. The number of hydrogen-bond donors (Lipinski definition) is 2. The molecule has 0 saturated carbocycles. The fourth-order valence-corrected chi connectivity index (χ4v) is 4.11. The minimum absolute atomic E-state index is 0.0759. The van der Waals surface area contributed by atoms with E-state index in [0.717, 1.165) is 38.3 Å². The fourth-order valence-electron chi connectivity index (χ4n) is 4.11. The maximum atomic E-state index is 12.6. The largest absolute Gasteiger partial charge is 0.383 e. The Hall–Kier alpha value is -2.83. The molecule has 2 fully saturated rings. The van der Waals surface area contributed by atoms with Gasteiger partial charge in [0.1, 0.15) is 11.6 Å². The van der Waals surface area contributed by atoms with Crippen LogP contribution in [0.25, 0.3) is 0 Å². The first-order valence-electron chi connectivity index (χ1n) is 9.00. The van der Waals surface area contributed by atoms with Gasteiger partial charge >= 0.3 is 0 Å². The minimum Gasteiger partial charge on any atom is -0.383 e. The van der Waals surface area contributed by atoms with E-state index in [-0.39, 0.29) is 17.3 Å². The normalized spacial score (nSPS) is 19.3. The molecule has 4 rings (SSSR count). The second-order valence-corrected chi connectivity index (χ2v) is 7.41. The zero-order valence-corrected chi connectivity index (χ0v) is 14.8. The van der Waals surface area contributed by atoms with Crippen LogP contribution in [0.4, 0.5) is 17.6 Å². The highest BCUT2D eigenvalue weighted by Crippen LogP contribution is 2.42. The van der Waals surface area contributed by atoms with Gasteiger partial charge in [0, 0.05) is 44.1 Å². The number of likely N-dealkylation sites (tertiary alicyclic amines) is 1. The number of nitrogens with two attached hydrogens (primary N) is 2. The summed E-state index contributed by atoms with van der Waals surface area (Å²) in [5.41, 5.74) is 12.8. The van der Waals surface area contributed by atoms with Crippen LogP contribution in [0.5, 0.6) is 0 Å². The van der Waals surface area contributed by atoms with E-state index in [0.29, 0.717) is 18.8 Å². The monoisotopic (exact) mass is 352 g/mol. The standard InChI is InChI=1S/C19H24N6O/c20-15-10-16(23-18(21)22-15)24-8-6-19(7-9-24)11-17(26)25(13-19)12-14-4-2-1-3-5-14/h1-5,10H,6-9,11-13H2,(H4,20,21,22,23). The number of rotatable bonds is 3. The Morgan fingerprint density at radius 2 is 1.81 bits per heavy atom. The third kappa shape index (κ3) is 3.29. The summed E-state index contributed by atoms with van der Waals surface area (Å²) < 4.78 is 0.